The minimum Gasteiger partial charge on any atom is -0.479 e. The molecule has 3 aromatic rings. The van der Waals surface area contributed by atoms with Crippen LogP contribution in [0.25, 0.3) is 11.3 Å². The highest BCUT2D eigenvalue weighted by Gasteiger charge is 2.38. The molecule has 26 heavy (non-hydrogen) atoms. The van der Waals surface area contributed by atoms with E-state index in [1.807, 2.05) is 54.6 Å². The number of rotatable bonds is 1. The summed E-state index contributed by atoms with van der Waals surface area (Å²) < 4.78 is 7.23. The molecule has 2 aliphatic heterocycles. The van der Waals surface area contributed by atoms with Gasteiger partial charge < -0.3 is 10.1 Å². The van der Waals surface area contributed by atoms with Crippen molar-refractivity contribution in [3.63, 3.8) is 0 Å². The Morgan fingerprint density at radius 2 is 1.73 bits per heavy atom. The van der Waals surface area contributed by atoms with Crippen molar-refractivity contribution >= 4 is 38.9 Å². The minimum atomic E-state index is -0.286. The van der Waals surface area contributed by atoms with Crippen LogP contribution in [0.15, 0.2) is 71.5 Å². The van der Waals surface area contributed by atoms with Crippen LogP contribution < -0.4 is 5.32 Å². The number of anilines is 1. The molecule has 1 atom stereocenters. The third-order valence-corrected chi connectivity index (χ3v) is 5.31. The molecular formula is C21H13BrN2O2. The van der Waals surface area contributed by atoms with Crippen molar-refractivity contribution in [1.82, 2.24) is 4.98 Å². The first-order chi connectivity index (χ1) is 12.7. The van der Waals surface area contributed by atoms with Gasteiger partial charge in [-0.1, -0.05) is 48.5 Å². The summed E-state index contributed by atoms with van der Waals surface area (Å²) in [7, 11) is 0. The van der Waals surface area contributed by atoms with Crippen LogP contribution in [0.4, 0.5) is 5.69 Å². The third kappa shape index (κ3) is 2.21. The molecule has 4 nitrogen and oxygen atoms in total. The Bertz CT molecular complexity index is 1080. The molecule has 5 rings (SSSR count). The number of carbonyl (C=O) groups excluding carboxylic acids is 1. The maximum absolute atomic E-state index is 12.7. The highest BCUT2D eigenvalue weighted by molar-refractivity contribution is 9.10. The average Bonchev–Trinajstić information content (AvgIpc) is 3.20. The fourth-order valence-corrected chi connectivity index (χ4v) is 4.07. The summed E-state index contributed by atoms with van der Waals surface area (Å²) in [5.41, 5.74) is 5.08. The van der Waals surface area contributed by atoms with Crippen LogP contribution in [0.3, 0.4) is 0 Å². The van der Waals surface area contributed by atoms with Gasteiger partial charge in [0.1, 0.15) is 5.76 Å². The van der Waals surface area contributed by atoms with Crippen LogP contribution in [0.1, 0.15) is 28.4 Å². The van der Waals surface area contributed by atoms with Gasteiger partial charge >= 0.3 is 0 Å². The second-order valence-electron chi connectivity index (χ2n) is 6.19. The van der Waals surface area contributed by atoms with Gasteiger partial charge in [-0.15, -0.1) is 0 Å². The van der Waals surface area contributed by atoms with Gasteiger partial charge in [-0.3, -0.25) is 9.78 Å². The quantitative estimate of drug-likeness (QED) is 0.593. The van der Waals surface area contributed by atoms with E-state index in [1.165, 1.54) is 0 Å². The highest BCUT2D eigenvalue weighted by atomic mass is 79.9. The minimum absolute atomic E-state index is 0.152. The monoisotopic (exact) mass is 404 g/mol. The SMILES string of the molecule is O=C1Nc2ccccc2C1=C1OC(c2ccccc2)c2c(Br)cncc21. The summed E-state index contributed by atoms with van der Waals surface area (Å²) >= 11 is 3.60. The lowest BCUT2D eigenvalue weighted by Crippen LogP contribution is -2.06. The smallest absolute Gasteiger partial charge is 0.260 e. The molecule has 2 aromatic carbocycles. The number of benzene rings is 2. The Labute approximate surface area is 158 Å². The zero-order valence-corrected chi connectivity index (χ0v) is 15.2. The summed E-state index contributed by atoms with van der Waals surface area (Å²) in [6, 6.07) is 17.6. The Morgan fingerprint density at radius 3 is 2.58 bits per heavy atom. The summed E-state index contributed by atoms with van der Waals surface area (Å²) in [6.07, 6.45) is 3.24. The molecule has 2 aliphatic rings. The molecule has 1 aromatic heterocycles. The van der Waals surface area contributed by atoms with Crippen LogP contribution in [-0.2, 0) is 9.53 Å². The van der Waals surface area contributed by atoms with Gasteiger partial charge in [-0.25, -0.2) is 0 Å². The van der Waals surface area contributed by atoms with E-state index < -0.39 is 0 Å². The molecule has 1 N–H and O–H groups in total. The third-order valence-electron chi connectivity index (χ3n) is 4.68. The number of aromatic nitrogens is 1. The molecule has 0 saturated heterocycles. The lowest BCUT2D eigenvalue weighted by molar-refractivity contribution is -0.110. The van der Waals surface area contributed by atoms with E-state index in [2.05, 4.69) is 26.2 Å². The molecule has 0 saturated carbocycles. The maximum Gasteiger partial charge on any atom is 0.260 e. The van der Waals surface area contributed by atoms with E-state index in [0.29, 0.717) is 11.3 Å². The lowest BCUT2D eigenvalue weighted by Gasteiger charge is -2.13. The van der Waals surface area contributed by atoms with Crippen molar-refractivity contribution in [2.45, 2.75) is 6.10 Å². The van der Waals surface area contributed by atoms with Crippen molar-refractivity contribution in [2.75, 3.05) is 5.32 Å². The van der Waals surface area contributed by atoms with Crippen LogP contribution in [-0.4, -0.2) is 10.9 Å². The molecule has 126 valence electrons. The summed E-state index contributed by atoms with van der Waals surface area (Å²) in [6.45, 7) is 0. The Kier molecular flexibility index (Phi) is 3.43. The van der Waals surface area contributed by atoms with E-state index in [0.717, 1.165) is 32.4 Å². The van der Waals surface area contributed by atoms with Crippen LogP contribution in [0.2, 0.25) is 0 Å². The van der Waals surface area contributed by atoms with E-state index >= 15 is 0 Å². The Morgan fingerprint density at radius 1 is 0.962 bits per heavy atom. The molecular weight excluding hydrogens is 392 g/mol. The molecule has 0 spiro atoms. The number of hydrogen-bond donors (Lipinski definition) is 1. The average molecular weight is 405 g/mol. The van der Waals surface area contributed by atoms with Crippen molar-refractivity contribution in [2.24, 2.45) is 0 Å². The molecule has 1 amide bonds. The van der Waals surface area contributed by atoms with E-state index in [-0.39, 0.29) is 12.0 Å². The molecule has 1 unspecified atom stereocenters. The number of hydrogen-bond acceptors (Lipinski definition) is 3. The number of nitrogens with one attached hydrogen (secondary N) is 1. The Balaban J connectivity index is 1.76. The zero-order valence-electron chi connectivity index (χ0n) is 13.6. The van der Waals surface area contributed by atoms with Crippen molar-refractivity contribution in [3.8, 4) is 0 Å². The van der Waals surface area contributed by atoms with E-state index in [9.17, 15) is 4.79 Å². The second-order valence-corrected chi connectivity index (χ2v) is 7.05. The van der Waals surface area contributed by atoms with E-state index in [1.54, 1.807) is 12.4 Å². The molecule has 0 radical (unpaired) electrons. The van der Waals surface area contributed by atoms with Gasteiger partial charge in [0, 0.05) is 39.2 Å². The standard InChI is InChI=1S/C21H13BrN2O2/c22-15-11-23-10-14-17(15)19(12-6-2-1-3-7-12)26-20(14)18-13-8-4-5-9-16(13)24-21(18)25/h1-11,19H,(H,24,25). The summed E-state index contributed by atoms with van der Waals surface area (Å²) in [4.78, 5) is 17.0. The number of pyridine rings is 1. The van der Waals surface area contributed by atoms with Gasteiger partial charge in [-0.2, -0.15) is 0 Å². The van der Waals surface area contributed by atoms with Crippen molar-refractivity contribution in [3.05, 3.63) is 93.7 Å². The summed E-state index contributed by atoms with van der Waals surface area (Å²) in [5, 5.41) is 2.92. The van der Waals surface area contributed by atoms with Gasteiger partial charge in [0.05, 0.1) is 5.57 Å². The number of halogens is 1. The molecule has 0 fully saturated rings. The van der Waals surface area contributed by atoms with E-state index in [4.69, 9.17) is 4.74 Å². The molecule has 0 bridgehead atoms. The number of carbonyl (C=O) groups is 1. The number of para-hydroxylation sites is 1. The molecule has 0 aliphatic carbocycles. The van der Waals surface area contributed by atoms with Crippen LogP contribution in [0, 0.1) is 0 Å². The number of amides is 1. The lowest BCUT2D eigenvalue weighted by atomic mass is 9.98. The number of ether oxygens (including phenoxy) is 1. The number of fused-ring (bicyclic) bond motifs is 2. The maximum atomic E-state index is 12.7. The fourth-order valence-electron chi connectivity index (χ4n) is 3.53. The number of nitrogens with zero attached hydrogens (tertiary/aromatic N) is 1. The van der Waals surface area contributed by atoms with Crippen LogP contribution in [0.5, 0.6) is 0 Å². The van der Waals surface area contributed by atoms with Gasteiger partial charge in [0.15, 0.2) is 6.10 Å². The van der Waals surface area contributed by atoms with Gasteiger partial charge in [0.25, 0.3) is 5.91 Å². The van der Waals surface area contributed by atoms with Gasteiger partial charge in [-0.05, 0) is 27.6 Å². The first-order valence-corrected chi connectivity index (χ1v) is 9.04. The fraction of sp³-hybridized carbons (Fsp3) is 0.0476. The Hall–Kier alpha value is -2.92. The highest BCUT2D eigenvalue weighted by Crippen LogP contribution is 2.49. The van der Waals surface area contributed by atoms with Crippen molar-refractivity contribution in [1.29, 1.82) is 0 Å². The first kappa shape index (κ1) is 15.3. The predicted octanol–water partition coefficient (Wildman–Crippen LogP) is 4.78. The van der Waals surface area contributed by atoms with Crippen molar-refractivity contribution < 1.29 is 9.53 Å². The first-order valence-electron chi connectivity index (χ1n) is 8.24. The van der Waals surface area contributed by atoms with Crippen LogP contribution >= 0.6 is 15.9 Å². The zero-order chi connectivity index (χ0) is 17.7. The predicted molar refractivity (Wildman–Crippen MR) is 103 cm³/mol. The normalized spacial score (nSPS) is 20.3. The molecule has 5 heteroatoms. The topological polar surface area (TPSA) is 51.2 Å². The summed E-state index contributed by atoms with van der Waals surface area (Å²) in [5.74, 6) is 0.422. The largest absolute Gasteiger partial charge is 0.479 e. The van der Waals surface area contributed by atoms with Gasteiger partial charge in [0.2, 0.25) is 0 Å². The second kappa shape index (κ2) is 5.81. The molecule has 3 heterocycles.